The molecule has 0 saturated carbocycles. The van der Waals surface area contributed by atoms with Gasteiger partial charge in [-0.2, -0.15) is 8.42 Å². The fourth-order valence-corrected chi connectivity index (χ4v) is 3.82. The molecule has 1 aromatic carbocycles. The monoisotopic (exact) mass is 270 g/mol. The first-order chi connectivity index (χ1) is 8.18. The fraction of sp³-hybridized carbons (Fsp3) is 0.167. The Kier molecular flexibility index (Phi) is 4.04. The molecule has 0 aliphatic carbocycles. The van der Waals surface area contributed by atoms with Gasteiger partial charge in [-0.1, -0.05) is 30.4 Å². The van der Waals surface area contributed by atoms with Gasteiger partial charge in [-0.25, -0.2) is 10.9 Å². The van der Waals surface area contributed by atoms with Crippen LogP contribution >= 0.6 is 10.9 Å². The van der Waals surface area contributed by atoms with Gasteiger partial charge in [0.2, 0.25) is 0 Å². The van der Waals surface area contributed by atoms with Gasteiger partial charge in [-0.05, 0) is 22.9 Å². The van der Waals surface area contributed by atoms with Crippen molar-refractivity contribution in [3.05, 3.63) is 53.3 Å². The van der Waals surface area contributed by atoms with E-state index in [2.05, 4.69) is 10.8 Å². The van der Waals surface area contributed by atoms with E-state index in [1.54, 1.807) is 18.2 Å². The van der Waals surface area contributed by atoms with Crippen LogP contribution in [0.1, 0.15) is 0 Å². The lowest BCUT2D eigenvalue weighted by Crippen LogP contribution is -2.09. The summed E-state index contributed by atoms with van der Waals surface area (Å²) in [6.07, 6.45) is 3.97. The molecule has 1 aromatic rings. The lowest BCUT2D eigenvalue weighted by molar-refractivity contribution is 0.341. The quantitative estimate of drug-likeness (QED) is 0.660. The SMILES string of the molecule is O=S(=O)(OCC[SH]1C=CC=C1)c1ccccc1. The van der Waals surface area contributed by atoms with Gasteiger partial charge < -0.3 is 0 Å². The van der Waals surface area contributed by atoms with Crippen LogP contribution in [0.3, 0.4) is 0 Å². The zero-order valence-electron chi connectivity index (χ0n) is 9.19. The summed E-state index contributed by atoms with van der Waals surface area (Å²) < 4.78 is 28.5. The van der Waals surface area contributed by atoms with Gasteiger partial charge in [-0.15, -0.1) is 0 Å². The molecule has 92 valence electrons. The van der Waals surface area contributed by atoms with Gasteiger partial charge in [0.1, 0.15) is 0 Å². The van der Waals surface area contributed by atoms with Crippen LogP contribution in [0, 0.1) is 0 Å². The van der Waals surface area contributed by atoms with Crippen molar-refractivity contribution < 1.29 is 12.6 Å². The molecule has 0 unspecified atom stereocenters. The zero-order chi connectivity index (χ0) is 12.1. The molecule has 2 rings (SSSR count). The first-order valence-corrected chi connectivity index (χ1v) is 8.31. The summed E-state index contributed by atoms with van der Waals surface area (Å²) in [7, 11) is -3.91. The third-order valence-corrected chi connectivity index (χ3v) is 5.42. The van der Waals surface area contributed by atoms with Crippen molar-refractivity contribution >= 4 is 21.0 Å². The number of hydrogen-bond donors (Lipinski definition) is 1. The van der Waals surface area contributed by atoms with E-state index in [1.807, 2.05) is 12.2 Å². The van der Waals surface area contributed by atoms with Crippen molar-refractivity contribution in [2.45, 2.75) is 4.90 Å². The van der Waals surface area contributed by atoms with E-state index in [9.17, 15) is 8.42 Å². The molecule has 1 aliphatic rings. The first kappa shape index (κ1) is 12.4. The Morgan fingerprint density at radius 2 is 1.71 bits per heavy atom. The number of hydrogen-bond acceptors (Lipinski definition) is 3. The molecule has 17 heavy (non-hydrogen) atoms. The van der Waals surface area contributed by atoms with E-state index in [0.717, 1.165) is 5.75 Å². The van der Waals surface area contributed by atoms with Crippen molar-refractivity contribution in [3.63, 3.8) is 0 Å². The summed E-state index contributed by atoms with van der Waals surface area (Å²) in [5.41, 5.74) is 0. The van der Waals surface area contributed by atoms with Crippen molar-refractivity contribution in [3.8, 4) is 0 Å². The highest BCUT2D eigenvalue weighted by Gasteiger charge is 2.14. The molecule has 0 N–H and O–H groups in total. The van der Waals surface area contributed by atoms with Crippen molar-refractivity contribution in [2.75, 3.05) is 12.4 Å². The van der Waals surface area contributed by atoms with Crippen molar-refractivity contribution in [1.82, 2.24) is 0 Å². The average molecular weight is 270 g/mol. The van der Waals surface area contributed by atoms with E-state index in [-0.39, 0.29) is 22.4 Å². The lowest BCUT2D eigenvalue weighted by atomic mass is 10.4. The lowest BCUT2D eigenvalue weighted by Gasteiger charge is -2.10. The van der Waals surface area contributed by atoms with Gasteiger partial charge >= 0.3 is 0 Å². The Morgan fingerprint density at radius 1 is 1.06 bits per heavy atom. The molecular formula is C12H14O3S2. The molecule has 0 radical (unpaired) electrons. The molecule has 1 aliphatic heterocycles. The van der Waals surface area contributed by atoms with E-state index in [1.165, 1.54) is 12.1 Å². The molecule has 0 bridgehead atoms. The van der Waals surface area contributed by atoms with Gasteiger partial charge in [0.15, 0.2) is 0 Å². The molecule has 3 nitrogen and oxygen atoms in total. The third-order valence-electron chi connectivity index (χ3n) is 2.29. The number of benzene rings is 1. The summed E-state index contributed by atoms with van der Waals surface area (Å²) in [6.45, 7) is 0.234. The van der Waals surface area contributed by atoms with Crippen LogP contribution in [0.2, 0.25) is 0 Å². The Labute approximate surface area is 104 Å². The smallest absolute Gasteiger partial charge is 0.266 e. The van der Waals surface area contributed by atoms with Gasteiger partial charge in [0.05, 0.1) is 11.5 Å². The summed E-state index contributed by atoms with van der Waals surface area (Å²) in [4.78, 5) is 0.213. The molecule has 5 heteroatoms. The second-order valence-corrected chi connectivity index (χ2v) is 7.20. The van der Waals surface area contributed by atoms with Crippen LogP contribution in [-0.4, -0.2) is 20.8 Å². The molecular weight excluding hydrogens is 256 g/mol. The molecule has 0 spiro atoms. The topological polar surface area (TPSA) is 43.4 Å². The second-order valence-electron chi connectivity index (χ2n) is 3.51. The maximum absolute atomic E-state index is 11.8. The standard InChI is InChI=1S/C12H14O3S2/c13-17(14,12-6-2-1-3-7-12)15-8-11-16-9-4-5-10-16/h1-7,9-10,16H,8,11H2. The Balaban J connectivity index is 1.90. The maximum atomic E-state index is 11.8. The Hall–Kier alpha value is -1.04. The molecule has 0 saturated heterocycles. The molecule has 0 amide bonds. The molecule has 0 fully saturated rings. The highest BCUT2D eigenvalue weighted by atomic mass is 32.2. The van der Waals surface area contributed by atoms with Crippen LogP contribution in [0.4, 0.5) is 0 Å². The minimum absolute atomic E-state index is 0.213. The van der Waals surface area contributed by atoms with Crippen LogP contribution in [0.25, 0.3) is 0 Å². The van der Waals surface area contributed by atoms with Gasteiger partial charge in [0.25, 0.3) is 10.1 Å². The molecule has 0 atom stereocenters. The minimum Gasteiger partial charge on any atom is -0.266 e. The highest BCUT2D eigenvalue weighted by molar-refractivity contribution is 8.22. The van der Waals surface area contributed by atoms with Crippen LogP contribution in [0.5, 0.6) is 0 Å². The predicted octanol–water partition coefficient (Wildman–Crippen LogP) is 2.43. The number of thiol groups is 1. The van der Waals surface area contributed by atoms with E-state index < -0.39 is 10.1 Å². The van der Waals surface area contributed by atoms with Crippen LogP contribution in [0.15, 0.2) is 58.2 Å². The highest BCUT2D eigenvalue weighted by Crippen LogP contribution is 2.32. The number of rotatable bonds is 5. The summed E-state index contributed by atoms with van der Waals surface area (Å²) in [6, 6.07) is 8.22. The summed E-state index contributed by atoms with van der Waals surface area (Å²) in [5, 5.41) is 4.18. The largest absolute Gasteiger partial charge is 0.296 e. The fourth-order valence-electron chi connectivity index (χ4n) is 1.43. The average Bonchev–Trinajstić information content (AvgIpc) is 2.83. The predicted molar refractivity (Wildman–Crippen MR) is 71.7 cm³/mol. The van der Waals surface area contributed by atoms with Crippen molar-refractivity contribution in [1.29, 1.82) is 0 Å². The van der Waals surface area contributed by atoms with Crippen molar-refractivity contribution in [2.24, 2.45) is 0 Å². The van der Waals surface area contributed by atoms with Crippen LogP contribution in [-0.2, 0) is 14.3 Å². The second kappa shape index (κ2) is 5.53. The number of allylic oxidation sites excluding steroid dienone is 2. The van der Waals surface area contributed by atoms with Gasteiger partial charge in [-0.3, -0.25) is 4.18 Å². The van der Waals surface area contributed by atoms with Crippen LogP contribution < -0.4 is 0 Å². The summed E-state index contributed by atoms with van der Waals surface area (Å²) in [5.74, 6) is 0.744. The minimum atomic E-state index is -3.59. The molecule has 0 aromatic heterocycles. The third kappa shape index (κ3) is 3.46. The van der Waals surface area contributed by atoms with E-state index in [4.69, 9.17) is 4.18 Å². The summed E-state index contributed by atoms with van der Waals surface area (Å²) >= 11 is 0. The van der Waals surface area contributed by atoms with E-state index in [0.29, 0.717) is 0 Å². The van der Waals surface area contributed by atoms with E-state index >= 15 is 0 Å². The Bertz CT molecular complexity index is 506. The van der Waals surface area contributed by atoms with Gasteiger partial charge in [0, 0.05) is 5.75 Å². The molecule has 1 heterocycles. The zero-order valence-corrected chi connectivity index (χ0v) is 10.9. The normalized spacial score (nSPS) is 16.6. The first-order valence-electron chi connectivity index (χ1n) is 5.24. The Morgan fingerprint density at radius 3 is 2.35 bits per heavy atom. The maximum Gasteiger partial charge on any atom is 0.296 e.